The summed E-state index contributed by atoms with van der Waals surface area (Å²) in [6, 6.07) is 14.6. The number of para-hydroxylation sites is 1. The zero-order chi connectivity index (χ0) is 25.6. The summed E-state index contributed by atoms with van der Waals surface area (Å²) in [5, 5.41) is 11.2. The van der Waals surface area contributed by atoms with Crippen molar-refractivity contribution in [2.75, 3.05) is 13.2 Å². The van der Waals surface area contributed by atoms with Crippen molar-refractivity contribution in [2.24, 2.45) is 0 Å². The molecular formula is C29H27F2N3O3. The molecule has 1 aromatic heterocycles. The molecule has 3 heterocycles. The molecule has 1 aromatic carbocycles. The maximum absolute atomic E-state index is 13.1. The topological polar surface area (TPSA) is 77.4 Å². The molecule has 2 aliphatic heterocycles. The molecule has 2 atom stereocenters. The molecule has 37 heavy (non-hydrogen) atoms. The van der Waals surface area contributed by atoms with Gasteiger partial charge < -0.3 is 14.6 Å². The Balaban J connectivity index is 1.38. The molecule has 2 aliphatic carbocycles. The molecule has 2 aromatic rings. The summed E-state index contributed by atoms with van der Waals surface area (Å²) in [5.41, 5.74) is 4.28. The smallest absolute Gasteiger partial charge is 0.387 e. The lowest BCUT2D eigenvalue weighted by molar-refractivity contribution is -0.0506. The standard InChI is InChI=1S/C29H27F2N3O3/c1-29(35)14-22(20-4-2-3-5-24(20)37-28(30)31)25-21-8-6-17(7-9-23(21)34-26(25)29)19-15-32-27(33-16-19)18-10-12-36-13-11-18/h2-9,15-16,18,22,28,35H,10-14H2,1H3/t22-,29+/m1/s1. The number of aromatic nitrogens is 3. The van der Waals surface area contributed by atoms with Crippen LogP contribution in [-0.4, -0.2) is 39.9 Å². The summed E-state index contributed by atoms with van der Waals surface area (Å²) in [4.78, 5) is 14.0. The van der Waals surface area contributed by atoms with Crippen molar-refractivity contribution in [1.29, 1.82) is 0 Å². The molecule has 0 unspecified atom stereocenters. The number of hydrogen-bond donors (Lipinski definition) is 1. The van der Waals surface area contributed by atoms with Gasteiger partial charge in [0.05, 0.1) is 11.4 Å². The van der Waals surface area contributed by atoms with E-state index in [1.165, 1.54) is 6.07 Å². The summed E-state index contributed by atoms with van der Waals surface area (Å²) >= 11 is 0. The minimum absolute atomic E-state index is 0.114. The Morgan fingerprint density at radius 3 is 2.49 bits per heavy atom. The van der Waals surface area contributed by atoms with Crippen LogP contribution in [0.3, 0.4) is 0 Å². The van der Waals surface area contributed by atoms with E-state index < -0.39 is 12.2 Å². The quantitative estimate of drug-likeness (QED) is 0.366. The zero-order valence-electron chi connectivity index (χ0n) is 20.4. The van der Waals surface area contributed by atoms with Crippen molar-refractivity contribution in [3.63, 3.8) is 0 Å². The maximum atomic E-state index is 13.1. The zero-order valence-corrected chi connectivity index (χ0v) is 20.4. The number of alkyl halides is 2. The fourth-order valence-corrected chi connectivity index (χ4v) is 5.65. The molecule has 4 aliphatic rings. The molecule has 6 rings (SSSR count). The summed E-state index contributed by atoms with van der Waals surface area (Å²) in [6.07, 6.45) is 5.89. The number of hydrogen-bond acceptors (Lipinski definition) is 6. The second kappa shape index (κ2) is 9.43. The van der Waals surface area contributed by atoms with E-state index in [1.807, 2.05) is 36.7 Å². The van der Waals surface area contributed by atoms with Crippen LogP contribution in [0.25, 0.3) is 22.4 Å². The monoisotopic (exact) mass is 503 g/mol. The van der Waals surface area contributed by atoms with E-state index in [9.17, 15) is 13.9 Å². The molecule has 190 valence electrons. The third-order valence-electron chi connectivity index (χ3n) is 7.47. The van der Waals surface area contributed by atoms with Crippen LogP contribution in [0.2, 0.25) is 0 Å². The van der Waals surface area contributed by atoms with Gasteiger partial charge in [0.1, 0.15) is 17.2 Å². The minimum Gasteiger partial charge on any atom is -0.435 e. The normalized spacial score (nSPS) is 21.9. The van der Waals surface area contributed by atoms with Crippen molar-refractivity contribution >= 4 is 0 Å². The van der Waals surface area contributed by atoms with Gasteiger partial charge in [0.2, 0.25) is 0 Å². The van der Waals surface area contributed by atoms with Gasteiger partial charge in [-0.25, -0.2) is 15.0 Å². The molecule has 1 fully saturated rings. The SMILES string of the molecule is C[C@]1(O)C[C@H](c2ccccc2OC(F)F)c2c3ccc(-c4cnc(C5CCOCC5)nc4)ccc-3nc21. The Labute approximate surface area is 213 Å². The van der Waals surface area contributed by atoms with Gasteiger partial charge >= 0.3 is 6.61 Å². The highest BCUT2D eigenvalue weighted by atomic mass is 19.3. The van der Waals surface area contributed by atoms with E-state index in [1.54, 1.807) is 25.1 Å². The lowest BCUT2D eigenvalue weighted by Gasteiger charge is -2.20. The average molecular weight is 504 g/mol. The maximum Gasteiger partial charge on any atom is 0.387 e. The molecule has 1 saturated heterocycles. The van der Waals surface area contributed by atoms with Crippen LogP contribution >= 0.6 is 0 Å². The fraction of sp³-hybridized carbons (Fsp3) is 0.345. The first-order valence-electron chi connectivity index (χ1n) is 12.5. The van der Waals surface area contributed by atoms with Gasteiger partial charge in [0.25, 0.3) is 0 Å². The van der Waals surface area contributed by atoms with E-state index in [0.717, 1.165) is 59.8 Å². The number of rotatable bonds is 5. The van der Waals surface area contributed by atoms with Gasteiger partial charge in [-0.2, -0.15) is 8.78 Å². The molecule has 0 spiro atoms. The minimum atomic E-state index is -2.93. The van der Waals surface area contributed by atoms with Gasteiger partial charge in [0.15, 0.2) is 0 Å². The number of benzene rings is 1. The highest BCUT2D eigenvalue weighted by molar-refractivity contribution is 5.75. The van der Waals surface area contributed by atoms with Crippen LogP contribution in [0, 0.1) is 0 Å². The third kappa shape index (κ3) is 4.45. The lowest BCUT2D eigenvalue weighted by atomic mass is 9.89. The second-order valence-electron chi connectivity index (χ2n) is 9.96. The molecule has 1 N–H and O–H groups in total. The molecule has 6 nitrogen and oxygen atoms in total. The van der Waals surface area contributed by atoms with Crippen LogP contribution in [0.5, 0.6) is 5.75 Å². The van der Waals surface area contributed by atoms with Gasteiger partial charge in [-0.05, 0) is 49.4 Å². The Morgan fingerprint density at radius 1 is 1.00 bits per heavy atom. The van der Waals surface area contributed by atoms with Crippen molar-refractivity contribution in [2.45, 2.75) is 50.2 Å². The fourth-order valence-electron chi connectivity index (χ4n) is 5.65. The molecule has 0 radical (unpaired) electrons. The molecule has 0 saturated carbocycles. The summed E-state index contributed by atoms with van der Waals surface area (Å²) in [5.74, 6) is 0.952. The van der Waals surface area contributed by atoms with Crippen LogP contribution in [0.1, 0.15) is 60.7 Å². The Kier molecular flexibility index (Phi) is 6.09. The van der Waals surface area contributed by atoms with E-state index in [2.05, 4.69) is 9.97 Å². The van der Waals surface area contributed by atoms with E-state index >= 15 is 0 Å². The largest absolute Gasteiger partial charge is 0.435 e. The van der Waals surface area contributed by atoms with Crippen LogP contribution < -0.4 is 4.74 Å². The van der Waals surface area contributed by atoms with Gasteiger partial charge in [-0.15, -0.1) is 0 Å². The summed E-state index contributed by atoms with van der Waals surface area (Å²) < 4.78 is 36.5. The van der Waals surface area contributed by atoms with Crippen molar-refractivity contribution < 1.29 is 23.4 Å². The van der Waals surface area contributed by atoms with Crippen molar-refractivity contribution in [3.8, 4) is 28.1 Å². The second-order valence-corrected chi connectivity index (χ2v) is 9.96. The summed E-state index contributed by atoms with van der Waals surface area (Å²) in [7, 11) is 0. The average Bonchev–Trinajstić information content (AvgIpc) is 3.30. The van der Waals surface area contributed by atoms with Gasteiger partial charge in [0, 0.05) is 54.1 Å². The van der Waals surface area contributed by atoms with Crippen molar-refractivity contribution in [1.82, 2.24) is 15.0 Å². The number of halogens is 2. The Hall–Kier alpha value is -3.49. The highest BCUT2D eigenvalue weighted by Gasteiger charge is 2.45. The highest BCUT2D eigenvalue weighted by Crippen LogP contribution is 2.53. The van der Waals surface area contributed by atoms with Gasteiger partial charge in [-0.3, -0.25) is 0 Å². The first-order chi connectivity index (χ1) is 17.9. The predicted octanol–water partition coefficient (Wildman–Crippen LogP) is 5.88. The van der Waals surface area contributed by atoms with E-state index in [4.69, 9.17) is 14.5 Å². The molecule has 0 amide bonds. The lowest BCUT2D eigenvalue weighted by Crippen LogP contribution is -2.18. The van der Waals surface area contributed by atoms with Crippen LogP contribution in [-0.2, 0) is 10.3 Å². The number of aliphatic hydroxyl groups is 1. The molecule has 0 bridgehead atoms. The first kappa shape index (κ1) is 23.9. The number of nitrogens with zero attached hydrogens (tertiary/aromatic N) is 3. The number of ether oxygens (including phenoxy) is 2. The van der Waals surface area contributed by atoms with Crippen LogP contribution in [0.15, 0.2) is 60.9 Å². The Bertz CT molecular complexity index is 1390. The van der Waals surface area contributed by atoms with Crippen molar-refractivity contribution in [3.05, 3.63) is 83.6 Å². The molecule has 8 heteroatoms. The summed E-state index contributed by atoms with van der Waals surface area (Å²) in [6.45, 7) is 0.266. The van der Waals surface area contributed by atoms with Gasteiger partial charge in [-0.1, -0.05) is 36.4 Å². The van der Waals surface area contributed by atoms with E-state index in [-0.39, 0.29) is 11.7 Å². The van der Waals surface area contributed by atoms with Crippen LogP contribution in [0.4, 0.5) is 8.78 Å². The van der Waals surface area contributed by atoms with E-state index in [0.29, 0.717) is 23.6 Å². The third-order valence-corrected chi connectivity index (χ3v) is 7.47. The predicted molar refractivity (Wildman–Crippen MR) is 134 cm³/mol. The Morgan fingerprint density at radius 2 is 1.73 bits per heavy atom. The number of fused-ring (bicyclic) bond motifs is 3. The molecular weight excluding hydrogens is 476 g/mol. The first-order valence-corrected chi connectivity index (χ1v) is 12.5.